The number of rotatable bonds is 3. The molecule has 0 aliphatic carbocycles. The van der Waals surface area contributed by atoms with Gasteiger partial charge in [-0.1, -0.05) is 18.7 Å². The highest BCUT2D eigenvalue weighted by Crippen LogP contribution is 2.10. The van der Waals surface area contributed by atoms with Gasteiger partial charge in [-0.25, -0.2) is 0 Å². The minimum absolute atomic E-state index is 0.152. The van der Waals surface area contributed by atoms with Crippen molar-refractivity contribution >= 4 is 16.9 Å². The van der Waals surface area contributed by atoms with Gasteiger partial charge in [0, 0.05) is 19.3 Å². The van der Waals surface area contributed by atoms with Crippen LogP contribution in [-0.4, -0.2) is 24.1 Å². The van der Waals surface area contributed by atoms with Gasteiger partial charge in [0.1, 0.15) is 0 Å². The maximum Gasteiger partial charge on any atom is 0.186 e. The zero-order valence-corrected chi connectivity index (χ0v) is 6.83. The third-order valence-electron chi connectivity index (χ3n) is 0.769. The second-order valence-corrected chi connectivity index (χ2v) is 3.49. The van der Waals surface area contributed by atoms with Crippen LogP contribution >= 0.6 is 11.8 Å². The van der Waals surface area contributed by atoms with Gasteiger partial charge in [-0.15, -0.1) is 0 Å². The fraction of sp³-hybridized carbons (Fsp3) is 0.833. The maximum absolute atomic E-state index is 10.4. The quantitative estimate of drug-likeness (QED) is 0.603. The molecule has 0 aliphatic heterocycles. The molecule has 0 amide bonds. The fourth-order valence-electron chi connectivity index (χ4n) is 0.552. The van der Waals surface area contributed by atoms with Crippen LogP contribution in [0.1, 0.15) is 13.8 Å². The molecule has 0 aromatic heterocycles. The number of thioether (sulfide) groups is 1. The van der Waals surface area contributed by atoms with Gasteiger partial charge >= 0.3 is 0 Å². The summed E-state index contributed by atoms with van der Waals surface area (Å²) in [7, 11) is 1.64. The summed E-state index contributed by atoms with van der Waals surface area (Å²) in [6, 6.07) is 0. The molecule has 0 bridgehead atoms. The molecule has 0 rings (SSSR count). The van der Waals surface area contributed by atoms with Gasteiger partial charge in [0.15, 0.2) is 5.12 Å². The van der Waals surface area contributed by atoms with E-state index in [2.05, 4.69) is 0 Å². The smallest absolute Gasteiger partial charge is 0.186 e. The zero-order chi connectivity index (χ0) is 7.28. The van der Waals surface area contributed by atoms with Gasteiger partial charge in [0.05, 0.1) is 6.61 Å². The molecule has 9 heavy (non-hydrogen) atoms. The zero-order valence-electron chi connectivity index (χ0n) is 6.01. The molecule has 3 heteroatoms. The predicted octanol–water partition coefficient (Wildman–Crippen LogP) is 1.30. The topological polar surface area (TPSA) is 26.3 Å². The molecule has 0 fully saturated rings. The number of methoxy groups -OCH3 is 1. The first kappa shape index (κ1) is 8.98. The Morgan fingerprint density at radius 2 is 2.33 bits per heavy atom. The molecule has 1 atom stereocenters. The Morgan fingerprint density at radius 3 is 2.67 bits per heavy atom. The van der Waals surface area contributed by atoms with Crippen LogP contribution in [0.3, 0.4) is 0 Å². The van der Waals surface area contributed by atoms with Gasteiger partial charge in [0.25, 0.3) is 0 Å². The van der Waals surface area contributed by atoms with E-state index in [0.29, 0.717) is 6.61 Å². The van der Waals surface area contributed by atoms with Gasteiger partial charge in [-0.3, -0.25) is 4.79 Å². The summed E-state index contributed by atoms with van der Waals surface area (Å²) in [5, 5.41) is 0.437. The first-order valence-electron chi connectivity index (χ1n) is 2.83. The third-order valence-corrected chi connectivity index (χ3v) is 1.64. The van der Waals surface area contributed by atoms with Gasteiger partial charge in [0.2, 0.25) is 0 Å². The van der Waals surface area contributed by atoms with E-state index >= 15 is 0 Å². The fourth-order valence-corrected chi connectivity index (χ4v) is 1.32. The molecule has 0 aliphatic rings. The molecule has 0 N–H and O–H groups in total. The van der Waals surface area contributed by atoms with Crippen LogP contribution < -0.4 is 0 Å². The van der Waals surface area contributed by atoms with E-state index in [1.54, 1.807) is 14.0 Å². The first-order chi connectivity index (χ1) is 4.16. The Morgan fingerprint density at radius 1 is 1.78 bits per heavy atom. The molecule has 54 valence electrons. The molecular formula is C6H12O2S. The van der Waals surface area contributed by atoms with E-state index in [1.807, 2.05) is 6.92 Å². The normalized spacial score (nSPS) is 13.2. The summed E-state index contributed by atoms with van der Waals surface area (Å²) in [6.45, 7) is 4.18. The number of hydrogen-bond acceptors (Lipinski definition) is 3. The van der Waals surface area contributed by atoms with Crippen molar-refractivity contribution in [2.75, 3.05) is 13.7 Å². The standard InChI is InChI=1S/C6H12O2S/c1-5(4-8-3)9-6(2)7/h5H,4H2,1-3H3. The highest BCUT2D eigenvalue weighted by atomic mass is 32.2. The summed E-state index contributed by atoms with van der Waals surface area (Å²) < 4.78 is 4.83. The second kappa shape index (κ2) is 4.82. The molecule has 0 aromatic carbocycles. The molecule has 2 nitrogen and oxygen atoms in total. The molecule has 0 saturated heterocycles. The lowest BCUT2D eigenvalue weighted by molar-refractivity contribution is -0.109. The number of carbonyl (C=O) groups is 1. The van der Waals surface area contributed by atoms with Crippen molar-refractivity contribution in [1.82, 2.24) is 0 Å². The van der Waals surface area contributed by atoms with Gasteiger partial charge < -0.3 is 4.74 Å². The first-order valence-corrected chi connectivity index (χ1v) is 3.71. The summed E-state index contributed by atoms with van der Waals surface area (Å²) in [4.78, 5) is 10.4. The van der Waals surface area contributed by atoms with Crippen LogP contribution in [0.25, 0.3) is 0 Å². The molecule has 1 unspecified atom stereocenters. The highest BCUT2D eigenvalue weighted by Gasteiger charge is 2.03. The Hall–Kier alpha value is -0.0200. The molecular weight excluding hydrogens is 136 g/mol. The summed E-state index contributed by atoms with van der Waals surface area (Å²) >= 11 is 1.32. The van der Waals surface area contributed by atoms with Crippen molar-refractivity contribution in [1.29, 1.82) is 0 Å². The Balaban J connectivity index is 3.26. The summed E-state index contributed by atoms with van der Waals surface area (Å²) in [6.07, 6.45) is 0. The van der Waals surface area contributed by atoms with Crippen LogP contribution in [-0.2, 0) is 9.53 Å². The summed E-state index contributed by atoms with van der Waals surface area (Å²) in [5.74, 6) is 0. The largest absolute Gasteiger partial charge is 0.384 e. The Kier molecular flexibility index (Phi) is 4.81. The molecule has 0 radical (unpaired) electrons. The van der Waals surface area contributed by atoms with Crippen LogP contribution in [0, 0.1) is 0 Å². The van der Waals surface area contributed by atoms with Gasteiger partial charge in [-0.05, 0) is 0 Å². The average Bonchev–Trinajstić information content (AvgIpc) is 1.63. The van der Waals surface area contributed by atoms with E-state index in [1.165, 1.54) is 11.8 Å². The number of hydrogen-bond donors (Lipinski definition) is 0. The third kappa shape index (κ3) is 5.86. The minimum atomic E-state index is 0.152. The lowest BCUT2D eigenvalue weighted by atomic mass is 10.5. The van der Waals surface area contributed by atoms with Crippen molar-refractivity contribution < 1.29 is 9.53 Å². The lowest BCUT2D eigenvalue weighted by Crippen LogP contribution is -2.07. The van der Waals surface area contributed by atoms with E-state index in [0.717, 1.165) is 0 Å². The lowest BCUT2D eigenvalue weighted by Gasteiger charge is -2.04. The van der Waals surface area contributed by atoms with E-state index < -0.39 is 0 Å². The Bertz CT molecular complexity index is 93.1. The van der Waals surface area contributed by atoms with Crippen LogP contribution in [0.4, 0.5) is 0 Å². The predicted molar refractivity (Wildman–Crippen MR) is 39.6 cm³/mol. The van der Waals surface area contributed by atoms with E-state index in [4.69, 9.17) is 4.74 Å². The van der Waals surface area contributed by atoms with Crippen molar-refractivity contribution in [2.45, 2.75) is 19.1 Å². The number of carbonyl (C=O) groups excluding carboxylic acids is 1. The van der Waals surface area contributed by atoms with Crippen LogP contribution in [0.15, 0.2) is 0 Å². The molecule has 0 heterocycles. The SMILES string of the molecule is COCC(C)SC(C)=O. The van der Waals surface area contributed by atoms with Crippen molar-refractivity contribution in [3.63, 3.8) is 0 Å². The van der Waals surface area contributed by atoms with E-state index in [-0.39, 0.29) is 10.4 Å². The van der Waals surface area contributed by atoms with Gasteiger partial charge in [-0.2, -0.15) is 0 Å². The minimum Gasteiger partial charge on any atom is -0.384 e. The maximum atomic E-state index is 10.4. The van der Waals surface area contributed by atoms with Crippen molar-refractivity contribution in [3.05, 3.63) is 0 Å². The second-order valence-electron chi connectivity index (χ2n) is 1.88. The van der Waals surface area contributed by atoms with Crippen LogP contribution in [0.2, 0.25) is 0 Å². The Labute approximate surface area is 60.0 Å². The summed E-state index contributed by atoms with van der Waals surface area (Å²) in [5.41, 5.74) is 0. The number of ether oxygens (including phenoxy) is 1. The molecule has 0 aromatic rings. The van der Waals surface area contributed by atoms with Crippen molar-refractivity contribution in [2.24, 2.45) is 0 Å². The molecule has 0 spiro atoms. The average molecular weight is 148 g/mol. The monoisotopic (exact) mass is 148 g/mol. The van der Waals surface area contributed by atoms with Crippen molar-refractivity contribution in [3.8, 4) is 0 Å². The van der Waals surface area contributed by atoms with E-state index in [9.17, 15) is 4.79 Å². The molecule has 0 saturated carbocycles. The van der Waals surface area contributed by atoms with Crippen LogP contribution in [0.5, 0.6) is 0 Å². The highest BCUT2D eigenvalue weighted by molar-refractivity contribution is 8.14.